The van der Waals surface area contributed by atoms with Crippen LogP contribution in [0.15, 0.2) is 34.9 Å². The van der Waals surface area contributed by atoms with Crippen molar-refractivity contribution >= 4 is 21.2 Å². The number of hydrogen-bond donors (Lipinski definition) is 5. The lowest BCUT2D eigenvalue weighted by Gasteiger charge is -2.42. The number of aromatic nitrogens is 2. The van der Waals surface area contributed by atoms with E-state index in [9.17, 15) is 23.9 Å². The Labute approximate surface area is 202 Å². The van der Waals surface area contributed by atoms with E-state index in [2.05, 4.69) is 25.8 Å². The number of nitrogens with zero attached hydrogens (tertiary/aromatic N) is 2. The average Bonchev–Trinajstić information content (AvgIpc) is 3.32. The summed E-state index contributed by atoms with van der Waals surface area (Å²) in [5.74, 6) is -1.56. The molecule has 1 aliphatic carbocycles. The molecule has 5 N–H and O–H groups in total. The number of halogens is 1. The summed E-state index contributed by atoms with van der Waals surface area (Å²) < 4.78 is 14.9. The summed E-state index contributed by atoms with van der Waals surface area (Å²) in [6.45, 7) is 1.95. The van der Waals surface area contributed by atoms with Crippen molar-refractivity contribution in [3.05, 3.63) is 68.9 Å². The first-order valence-corrected chi connectivity index (χ1v) is 12.3. The Morgan fingerprint density at radius 3 is 2.77 bits per heavy atom. The summed E-state index contributed by atoms with van der Waals surface area (Å²) in [6, 6.07) is 4.47. The first kappa shape index (κ1) is 23.3. The molecule has 3 aliphatic heterocycles. The van der Waals surface area contributed by atoms with E-state index in [-0.39, 0.29) is 30.1 Å². The number of fused-ring (bicyclic) bond motifs is 2. The molecule has 2 amide bonds. The molecule has 1 atom stereocenters. The van der Waals surface area contributed by atoms with Crippen LogP contribution in [0.4, 0.5) is 4.39 Å². The van der Waals surface area contributed by atoms with E-state index in [1.807, 2.05) is 6.20 Å². The number of nitrogens with one attached hydrogen (secondary N) is 4. The largest absolute Gasteiger partial charge is 0.501 e. The van der Waals surface area contributed by atoms with E-state index in [0.29, 0.717) is 52.1 Å². The van der Waals surface area contributed by atoms with Crippen LogP contribution >= 0.6 is 8.88 Å². The van der Waals surface area contributed by atoms with Crippen molar-refractivity contribution in [2.75, 3.05) is 0 Å². The van der Waals surface area contributed by atoms with E-state index in [4.69, 9.17) is 0 Å². The highest BCUT2D eigenvalue weighted by atomic mass is 31.1. The van der Waals surface area contributed by atoms with Crippen LogP contribution in [0.3, 0.4) is 0 Å². The minimum Gasteiger partial charge on any atom is -0.501 e. The van der Waals surface area contributed by atoms with Crippen LogP contribution in [-0.2, 0) is 23.4 Å². The van der Waals surface area contributed by atoms with Gasteiger partial charge in [0.15, 0.2) is 5.69 Å². The third kappa shape index (κ3) is 3.83. The third-order valence-corrected chi connectivity index (χ3v) is 8.06. The molecule has 4 heterocycles. The predicted octanol–water partition coefficient (Wildman–Crippen LogP) is 1.38. The van der Waals surface area contributed by atoms with Gasteiger partial charge in [-0.3, -0.25) is 19.0 Å². The molecule has 1 aromatic carbocycles. The number of aromatic hydroxyl groups is 1. The highest BCUT2D eigenvalue weighted by Crippen LogP contribution is 2.53. The van der Waals surface area contributed by atoms with Gasteiger partial charge in [0, 0.05) is 30.4 Å². The van der Waals surface area contributed by atoms with Crippen LogP contribution in [0.5, 0.6) is 5.75 Å². The standard InChI is InChI=1S/C23H26FN6O4P/c1-13-8-14(2-3-15(13)24)9-25-19(33)17-18(32)20(34)30-11-22(16-10-27-35-29-16)4-6-23(7-5-22,26-12-31)21(30)28-17/h2-3,8,10,12,27,29,32,35H,4-7,9,11H2,1H3,(H,25,33)(H,26,31). The Morgan fingerprint density at radius 1 is 1.34 bits per heavy atom. The quantitative estimate of drug-likeness (QED) is 0.299. The van der Waals surface area contributed by atoms with Crippen molar-refractivity contribution < 1.29 is 19.1 Å². The Balaban J connectivity index is 1.52. The van der Waals surface area contributed by atoms with E-state index in [0.717, 1.165) is 5.70 Å². The second-order valence-corrected chi connectivity index (χ2v) is 10.2. The fourth-order valence-electron chi connectivity index (χ4n) is 5.35. The van der Waals surface area contributed by atoms with Gasteiger partial charge < -0.3 is 25.9 Å². The first-order valence-electron chi connectivity index (χ1n) is 11.3. The van der Waals surface area contributed by atoms with Crippen molar-refractivity contribution in [3.63, 3.8) is 0 Å². The molecule has 0 spiro atoms. The predicted molar refractivity (Wildman–Crippen MR) is 127 cm³/mol. The number of allylic oxidation sites excluding steroid dienone is 1. The number of amides is 2. The summed E-state index contributed by atoms with van der Waals surface area (Å²) in [7, 11) is 0.342. The molecule has 1 unspecified atom stereocenters. The normalized spacial score (nSPS) is 25.1. The maximum absolute atomic E-state index is 13.5. The highest BCUT2D eigenvalue weighted by Gasteiger charge is 2.52. The minimum absolute atomic E-state index is 0.0634. The van der Waals surface area contributed by atoms with Gasteiger partial charge in [0.2, 0.25) is 12.2 Å². The van der Waals surface area contributed by atoms with Crippen LogP contribution in [-0.4, -0.2) is 27.0 Å². The van der Waals surface area contributed by atoms with Crippen molar-refractivity contribution in [1.82, 2.24) is 30.4 Å². The molecular weight excluding hydrogens is 474 g/mol. The van der Waals surface area contributed by atoms with Crippen molar-refractivity contribution in [1.29, 1.82) is 0 Å². The molecule has 2 bridgehead atoms. The van der Waals surface area contributed by atoms with E-state index in [1.54, 1.807) is 19.1 Å². The molecule has 2 aromatic rings. The number of carbonyl (C=O) groups excluding carboxylic acids is 2. The van der Waals surface area contributed by atoms with Gasteiger partial charge in [-0.05, 0) is 49.8 Å². The van der Waals surface area contributed by atoms with E-state index < -0.39 is 28.4 Å². The zero-order chi connectivity index (χ0) is 24.8. The van der Waals surface area contributed by atoms with Gasteiger partial charge in [-0.2, -0.15) is 0 Å². The summed E-state index contributed by atoms with van der Waals surface area (Å²) in [5, 5.41) is 22.7. The molecule has 6 rings (SSSR count). The number of benzene rings is 1. The van der Waals surface area contributed by atoms with Crippen molar-refractivity contribution in [2.45, 2.75) is 51.2 Å². The molecule has 35 heavy (non-hydrogen) atoms. The van der Waals surface area contributed by atoms with E-state index in [1.165, 1.54) is 10.6 Å². The molecule has 12 heteroatoms. The lowest BCUT2D eigenvalue weighted by atomic mass is 9.67. The van der Waals surface area contributed by atoms with Crippen LogP contribution in [0, 0.1) is 18.2 Å². The van der Waals surface area contributed by atoms with Crippen LogP contribution in [0.1, 0.15) is 53.1 Å². The van der Waals surface area contributed by atoms with Crippen molar-refractivity contribution in [2.24, 2.45) is 5.41 Å². The molecule has 1 saturated carbocycles. The molecule has 1 aromatic heterocycles. The molecule has 0 radical (unpaired) electrons. The summed E-state index contributed by atoms with van der Waals surface area (Å²) in [4.78, 5) is 42.4. The summed E-state index contributed by atoms with van der Waals surface area (Å²) >= 11 is 0. The zero-order valence-corrected chi connectivity index (χ0v) is 20.1. The lowest BCUT2D eigenvalue weighted by molar-refractivity contribution is -0.112. The van der Waals surface area contributed by atoms with Gasteiger partial charge >= 0.3 is 0 Å². The minimum atomic E-state index is -0.924. The van der Waals surface area contributed by atoms with Crippen LogP contribution in [0.25, 0.3) is 0 Å². The first-order chi connectivity index (χ1) is 16.8. The number of rotatable bonds is 6. The van der Waals surface area contributed by atoms with Crippen LogP contribution in [0.2, 0.25) is 0 Å². The van der Waals surface area contributed by atoms with Gasteiger partial charge in [0.1, 0.15) is 11.6 Å². The van der Waals surface area contributed by atoms with Crippen LogP contribution < -0.4 is 26.4 Å². The second kappa shape index (κ2) is 8.64. The van der Waals surface area contributed by atoms with Crippen molar-refractivity contribution in [3.8, 4) is 5.75 Å². The SMILES string of the molecule is Cc1cc(CNC(=O)c2nc3n(c(=O)c2O)CC2(C4=CNPN4)CCC3(NC=O)CC2)ccc1F. The van der Waals surface area contributed by atoms with Gasteiger partial charge in [-0.1, -0.05) is 12.1 Å². The molecule has 10 nitrogen and oxygen atoms in total. The Hall–Kier alpha value is -3.46. The second-order valence-electron chi connectivity index (χ2n) is 9.37. The highest BCUT2D eigenvalue weighted by molar-refractivity contribution is 7.33. The number of hydrogen-bond acceptors (Lipinski definition) is 7. The Bertz CT molecular complexity index is 1300. The molecule has 0 saturated heterocycles. The third-order valence-electron chi connectivity index (χ3n) is 7.38. The maximum Gasteiger partial charge on any atom is 0.296 e. The Kier molecular flexibility index (Phi) is 5.75. The lowest BCUT2D eigenvalue weighted by Crippen LogP contribution is -2.47. The summed E-state index contributed by atoms with van der Waals surface area (Å²) in [6.07, 6.45) is 4.94. The smallest absolute Gasteiger partial charge is 0.296 e. The number of aryl methyl sites for hydroxylation is 1. The topological polar surface area (TPSA) is 137 Å². The molecule has 4 aliphatic rings. The fraction of sp³-hybridized carbons (Fsp3) is 0.391. The zero-order valence-electron chi connectivity index (χ0n) is 19.1. The molecule has 1 fully saturated rings. The van der Waals surface area contributed by atoms with Gasteiger partial charge in [-0.25, -0.2) is 9.37 Å². The van der Waals surface area contributed by atoms with Gasteiger partial charge in [0.05, 0.1) is 14.4 Å². The van der Waals surface area contributed by atoms with E-state index >= 15 is 0 Å². The molecule has 184 valence electrons. The monoisotopic (exact) mass is 500 g/mol. The summed E-state index contributed by atoms with van der Waals surface area (Å²) in [5.41, 5.74) is -0.328. The Morgan fingerprint density at radius 2 is 2.11 bits per heavy atom. The maximum atomic E-state index is 13.5. The van der Waals surface area contributed by atoms with Gasteiger partial charge in [0.25, 0.3) is 11.5 Å². The average molecular weight is 500 g/mol. The number of carbonyl (C=O) groups is 2. The fourth-order valence-corrected chi connectivity index (χ4v) is 6.11. The van der Waals surface area contributed by atoms with Gasteiger partial charge in [-0.15, -0.1) is 0 Å². The molecular formula is C23H26FN6O4P.